The van der Waals surface area contributed by atoms with Crippen LogP contribution in [-0.4, -0.2) is 36.9 Å². The van der Waals surface area contributed by atoms with Gasteiger partial charge < -0.3 is 19.4 Å². The average molecular weight is 384 g/mol. The van der Waals surface area contributed by atoms with Gasteiger partial charge in [0.05, 0.1) is 18.9 Å². The fraction of sp³-hybridized carbons (Fsp3) is 0.455. The van der Waals surface area contributed by atoms with E-state index in [0.717, 1.165) is 37.1 Å². The van der Waals surface area contributed by atoms with Crippen molar-refractivity contribution in [2.24, 2.45) is 5.92 Å². The van der Waals surface area contributed by atoms with E-state index in [1.807, 2.05) is 29.2 Å². The lowest BCUT2D eigenvalue weighted by atomic mass is 9.93. The molecule has 2 aromatic rings. The topological polar surface area (TPSA) is 71.8 Å². The highest BCUT2D eigenvalue weighted by Crippen LogP contribution is 2.23. The number of ether oxygens (including phenoxy) is 1. The Labute approximate surface area is 165 Å². The fourth-order valence-electron chi connectivity index (χ4n) is 3.67. The summed E-state index contributed by atoms with van der Waals surface area (Å²) in [6.45, 7) is 3.76. The maximum absolute atomic E-state index is 12.7. The van der Waals surface area contributed by atoms with Gasteiger partial charge in [0.1, 0.15) is 11.5 Å². The maximum Gasteiger partial charge on any atom is 0.257 e. The number of furan rings is 1. The van der Waals surface area contributed by atoms with Gasteiger partial charge in [0.2, 0.25) is 5.91 Å². The zero-order chi connectivity index (χ0) is 19.9. The molecule has 0 radical (unpaired) electrons. The number of benzene rings is 1. The number of rotatable bonds is 7. The van der Waals surface area contributed by atoms with Crippen LogP contribution in [0.2, 0.25) is 0 Å². The van der Waals surface area contributed by atoms with Gasteiger partial charge >= 0.3 is 0 Å². The van der Waals surface area contributed by atoms with Gasteiger partial charge in [0, 0.05) is 26.1 Å². The molecule has 2 amide bonds. The number of hydrogen-bond donors (Lipinski definition) is 1. The number of carbonyl (C=O) groups is 2. The summed E-state index contributed by atoms with van der Waals surface area (Å²) in [6, 6.07) is 9.41. The van der Waals surface area contributed by atoms with Crippen molar-refractivity contribution in [3.8, 4) is 5.75 Å². The number of likely N-dealkylation sites (tertiary alicyclic amines) is 1. The van der Waals surface area contributed by atoms with Gasteiger partial charge in [-0.1, -0.05) is 12.1 Å². The number of nitrogens with zero attached hydrogens (tertiary/aromatic N) is 1. The molecule has 1 saturated heterocycles. The largest absolute Gasteiger partial charge is 0.497 e. The van der Waals surface area contributed by atoms with Crippen LogP contribution in [0.3, 0.4) is 0 Å². The molecule has 6 nitrogen and oxygen atoms in total. The summed E-state index contributed by atoms with van der Waals surface area (Å²) in [5, 5.41) is 2.97. The van der Waals surface area contributed by atoms with E-state index in [-0.39, 0.29) is 11.8 Å². The van der Waals surface area contributed by atoms with Gasteiger partial charge in [-0.3, -0.25) is 9.59 Å². The maximum atomic E-state index is 12.7. The minimum Gasteiger partial charge on any atom is -0.497 e. The number of nitrogens with one attached hydrogen (secondary N) is 1. The average Bonchev–Trinajstić information content (AvgIpc) is 3.16. The van der Waals surface area contributed by atoms with E-state index in [4.69, 9.17) is 9.15 Å². The second-order valence-corrected chi connectivity index (χ2v) is 7.32. The summed E-state index contributed by atoms with van der Waals surface area (Å²) in [5.74, 6) is 1.86. The molecule has 28 heavy (non-hydrogen) atoms. The Bertz CT molecular complexity index is 814. The van der Waals surface area contributed by atoms with Crippen LogP contribution in [0.4, 0.5) is 0 Å². The Morgan fingerprint density at radius 3 is 2.93 bits per heavy atom. The van der Waals surface area contributed by atoms with E-state index < -0.39 is 0 Å². The predicted octanol–water partition coefficient (Wildman–Crippen LogP) is 3.55. The van der Waals surface area contributed by atoms with Crippen LogP contribution in [-0.2, 0) is 11.3 Å². The van der Waals surface area contributed by atoms with Crippen LogP contribution in [0.15, 0.2) is 41.0 Å². The van der Waals surface area contributed by atoms with E-state index in [9.17, 15) is 9.59 Å². The minimum absolute atomic E-state index is 0.0263. The first-order valence-corrected chi connectivity index (χ1v) is 9.80. The van der Waals surface area contributed by atoms with Gasteiger partial charge in [-0.15, -0.1) is 0 Å². The Morgan fingerprint density at radius 2 is 2.18 bits per heavy atom. The van der Waals surface area contributed by atoms with Crippen LogP contribution in [0.5, 0.6) is 5.75 Å². The molecule has 2 heterocycles. The second kappa shape index (κ2) is 9.44. The molecule has 1 N–H and O–H groups in total. The summed E-state index contributed by atoms with van der Waals surface area (Å²) in [4.78, 5) is 26.8. The van der Waals surface area contributed by atoms with Crippen molar-refractivity contribution < 1.29 is 18.7 Å². The first-order valence-electron chi connectivity index (χ1n) is 9.80. The molecule has 1 aromatic carbocycles. The van der Waals surface area contributed by atoms with Gasteiger partial charge in [0.15, 0.2) is 0 Å². The number of carbonyl (C=O) groups excluding carboxylic acids is 2. The number of amides is 2. The van der Waals surface area contributed by atoms with E-state index in [2.05, 4.69) is 5.32 Å². The van der Waals surface area contributed by atoms with Crippen molar-refractivity contribution in [3.05, 3.63) is 53.5 Å². The summed E-state index contributed by atoms with van der Waals surface area (Å²) in [7, 11) is 1.63. The zero-order valence-corrected chi connectivity index (χ0v) is 16.6. The summed E-state index contributed by atoms with van der Waals surface area (Å²) >= 11 is 0. The summed E-state index contributed by atoms with van der Waals surface area (Å²) < 4.78 is 10.5. The zero-order valence-electron chi connectivity index (χ0n) is 16.6. The molecule has 0 spiro atoms. The van der Waals surface area contributed by atoms with Crippen molar-refractivity contribution in [2.45, 2.75) is 39.2 Å². The Balaban J connectivity index is 1.44. The molecule has 1 aromatic heterocycles. The van der Waals surface area contributed by atoms with Crippen LogP contribution in [0.1, 0.15) is 47.4 Å². The predicted molar refractivity (Wildman–Crippen MR) is 106 cm³/mol. The lowest BCUT2D eigenvalue weighted by molar-refractivity contribution is -0.121. The van der Waals surface area contributed by atoms with Gasteiger partial charge in [-0.25, -0.2) is 0 Å². The Kier molecular flexibility index (Phi) is 6.74. The van der Waals surface area contributed by atoms with Crippen molar-refractivity contribution in [2.75, 3.05) is 20.2 Å². The molecule has 1 aliphatic heterocycles. The van der Waals surface area contributed by atoms with Crippen molar-refractivity contribution in [3.63, 3.8) is 0 Å². The molecule has 0 bridgehead atoms. The number of methoxy groups -OCH3 is 1. The first-order chi connectivity index (χ1) is 13.6. The molecular weight excluding hydrogens is 356 g/mol. The third kappa shape index (κ3) is 5.15. The smallest absolute Gasteiger partial charge is 0.257 e. The third-order valence-electron chi connectivity index (χ3n) is 5.30. The van der Waals surface area contributed by atoms with Crippen molar-refractivity contribution >= 4 is 11.8 Å². The van der Waals surface area contributed by atoms with E-state index >= 15 is 0 Å². The lowest BCUT2D eigenvalue weighted by Gasteiger charge is -2.32. The number of piperidine rings is 1. The second-order valence-electron chi connectivity index (χ2n) is 7.32. The van der Waals surface area contributed by atoms with Crippen LogP contribution in [0, 0.1) is 12.8 Å². The van der Waals surface area contributed by atoms with E-state index in [0.29, 0.717) is 36.8 Å². The van der Waals surface area contributed by atoms with Crippen LogP contribution in [0.25, 0.3) is 0 Å². The molecule has 1 fully saturated rings. The fourth-order valence-corrected chi connectivity index (χ4v) is 3.67. The summed E-state index contributed by atoms with van der Waals surface area (Å²) in [5.41, 5.74) is 1.65. The van der Waals surface area contributed by atoms with Crippen LogP contribution >= 0.6 is 0 Å². The molecule has 0 aliphatic carbocycles. The SMILES string of the molecule is COc1cccc(CNC(=O)CCC2CCCN(C(=O)c3ccoc3C)C2)c1. The van der Waals surface area contributed by atoms with Gasteiger partial charge in [-0.05, 0) is 55.9 Å². The normalized spacial score (nSPS) is 16.6. The lowest BCUT2D eigenvalue weighted by Crippen LogP contribution is -2.40. The highest BCUT2D eigenvalue weighted by atomic mass is 16.5. The molecule has 1 aliphatic rings. The quantitative estimate of drug-likeness (QED) is 0.792. The third-order valence-corrected chi connectivity index (χ3v) is 5.30. The molecular formula is C22H28N2O4. The highest BCUT2D eigenvalue weighted by molar-refractivity contribution is 5.95. The molecule has 0 saturated carbocycles. The van der Waals surface area contributed by atoms with Gasteiger partial charge in [-0.2, -0.15) is 0 Å². The Morgan fingerprint density at radius 1 is 1.32 bits per heavy atom. The minimum atomic E-state index is 0.0263. The number of aryl methyl sites for hydroxylation is 1. The number of hydrogen-bond acceptors (Lipinski definition) is 4. The Hall–Kier alpha value is -2.76. The monoisotopic (exact) mass is 384 g/mol. The molecule has 1 atom stereocenters. The van der Waals surface area contributed by atoms with Gasteiger partial charge in [0.25, 0.3) is 5.91 Å². The first kappa shape index (κ1) is 20.0. The molecule has 6 heteroatoms. The summed E-state index contributed by atoms with van der Waals surface area (Å²) in [6.07, 6.45) is 4.84. The molecule has 1 unspecified atom stereocenters. The van der Waals surface area contributed by atoms with Crippen molar-refractivity contribution in [1.82, 2.24) is 10.2 Å². The molecule has 3 rings (SSSR count). The highest BCUT2D eigenvalue weighted by Gasteiger charge is 2.26. The van der Waals surface area contributed by atoms with E-state index in [1.165, 1.54) is 0 Å². The molecule has 150 valence electrons. The van der Waals surface area contributed by atoms with Crippen LogP contribution < -0.4 is 10.1 Å². The van der Waals surface area contributed by atoms with E-state index in [1.54, 1.807) is 26.4 Å². The standard InChI is InChI=1S/C22H28N2O4/c1-16-20(10-12-28-16)22(26)24-11-4-6-17(15-24)8-9-21(25)23-14-18-5-3-7-19(13-18)27-2/h3,5,7,10,12-13,17H,4,6,8-9,11,14-15H2,1-2H3,(H,23,25). The van der Waals surface area contributed by atoms with Crippen molar-refractivity contribution in [1.29, 1.82) is 0 Å².